The summed E-state index contributed by atoms with van der Waals surface area (Å²) in [5.74, 6) is 0. The van der Waals surface area contributed by atoms with Crippen molar-refractivity contribution in [2.24, 2.45) is 5.73 Å². The van der Waals surface area contributed by atoms with Crippen molar-refractivity contribution in [3.8, 4) is 0 Å². The summed E-state index contributed by atoms with van der Waals surface area (Å²) in [6.07, 6.45) is 0. The van der Waals surface area contributed by atoms with Crippen LogP contribution in [0.25, 0.3) is 0 Å². The van der Waals surface area contributed by atoms with Crippen LogP contribution in [0.2, 0.25) is 0 Å². The van der Waals surface area contributed by atoms with E-state index in [1.165, 1.54) is 0 Å². The summed E-state index contributed by atoms with van der Waals surface area (Å²) in [5, 5.41) is 0. The summed E-state index contributed by atoms with van der Waals surface area (Å²) in [6.45, 7) is 5.90. The van der Waals surface area contributed by atoms with Crippen molar-refractivity contribution in [2.45, 2.75) is 26.3 Å². The van der Waals surface area contributed by atoms with Crippen LogP contribution < -0.4 is 5.73 Å². The summed E-state index contributed by atoms with van der Waals surface area (Å²) in [6, 6.07) is 0. The fourth-order valence-electron chi connectivity index (χ4n) is 0. The Labute approximate surface area is 67.6 Å². The second-order valence-corrected chi connectivity index (χ2v) is 5.02. The van der Waals surface area contributed by atoms with Crippen LogP contribution in [0.5, 0.6) is 0 Å². The van der Waals surface area contributed by atoms with Crippen LogP contribution in [0.4, 0.5) is 0 Å². The second-order valence-electron chi connectivity index (χ2n) is 2.44. The molecular weight excluding hydrogens is 181 g/mol. The van der Waals surface area contributed by atoms with Gasteiger partial charge in [-0.05, 0) is 20.8 Å². The SMILES string of the molecule is CC(C)(C)N.[Cl][Ti][Cl]. The van der Waals surface area contributed by atoms with Gasteiger partial charge in [0.05, 0.1) is 0 Å². The number of hydrogen-bond donors (Lipinski definition) is 1. The predicted octanol–water partition coefficient (Wildman–Crippen LogP) is 2.12. The molecule has 0 spiro atoms. The van der Waals surface area contributed by atoms with E-state index in [9.17, 15) is 0 Å². The van der Waals surface area contributed by atoms with Crippen LogP contribution in [0.3, 0.4) is 0 Å². The van der Waals surface area contributed by atoms with Gasteiger partial charge >= 0.3 is 35.6 Å². The molecule has 0 aromatic heterocycles. The van der Waals surface area contributed by atoms with E-state index < -0.39 is 17.0 Å². The Bertz CT molecular complexity index is 37.8. The molecule has 0 aliphatic carbocycles. The molecule has 0 amide bonds. The van der Waals surface area contributed by atoms with E-state index in [1.54, 1.807) is 0 Å². The quantitative estimate of drug-likeness (QED) is 0.584. The van der Waals surface area contributed by atoms with Gasteiger partial charge in [-0.1, -0.05) is 0 Å². The summed E-state index contributed by atoms with van der Waals surface area (Å²) in [5.41, 5.74) is 5.35. The molecule has 8 heavy (non-hydrogen) atoms. The van der Waals surface area contributed by atoms with Crippen molar-refractivity contribution in [1.82, 2.24) is 0 Å². The molecule has 0 atom stereocenters. The maximum absolute atomic E-state index is 5.35. The summed E-state index contributed by atoms with van der Waals surface area (Å²) >= 11 is -0.556. The first-order valence-electron chi connectivity index (χ1n) is 2.17. The van der Waals surface area contributed by atoms with Gasteiger partial charge in [-0.2, -0.15) is 0 Å². The summed E-state index contributed by atoms with van der Waals surface area (Å²) in [7, 11) is 9.78. The van der Waals surface area contributed by atoms with Gasteiger partial charge in [-0.15, -0.1) is 0 Å². The minimum absolute atomic E-state index is 0. The zero-order valence-electron chi connectivity index (χ0n) is 5.33. The first-order chi connectivity index (χ1) is 3.41. The van der Waals surface area contributed by atoms with E-state index in [0.717, 1.165) is 0 Å². The van der Waals surface area contributed by atoms with Gasteiger partial charge in [0.1, 0.15) is 0 Å². The van der Waals surface area contributed by atoms with Crippen LogP contribution in [0.15, 0.2) is 0 Å². The molecule has 0 heterocycles. The monoisotopic (exact) mass is 191 g/mol. The van der Waals surface area contributed by atoms with Crippen molar-refractivity contribution in [2.75, 3.05) is 0 Å². The Morgan fingerprint density at radius 1 is 1.25 bits per heavy atom. The van der Waals surface area contributed by atoms with Crippen LogP contribution in [0, 0.1) is 0 Å². The molecule has 0 bridgehead atoms. The molecule has 50 valence electrons. The van der Waals surface area contributed by atoms with E-state index >= 15 is 0 Å². The van der Waals surface area contributed by atoms with Gasteiger partial charge < -0.3 is 5.73 Å². The molecule has 0 saturated heterocycles. The molecule has 0 unspecified atom stereocenters. The van der Waals surface area contributed by atoms with Gasteiger partial charge in [0, 0.05) is 5.54 Å². The van der Waals surface area contributed by atoms with E-state index in [0.29, 0.717) is 0 Å². The van der Waals surface area contributed by atoms with Crippen molar-refractivity contribution in [3.05, 3.63) is 0 Å². The Balaban J connectivity index is 0. The first-order valence-corrected chi connectivity index (χ1v) is 6.46. The molecule has 0 fully saturated rings. The number of hydrogen-bond acceptors (Lipinski definition) is 1. The van der Waals surface area contributed by atoms with E-state index in [4.69, 9.17) is 24.3 Å². The molecule has 0 rings (SSSR count). The van der Waals surface area contributed by atoms with Gasteiger partial charge in [0.25, 0.3) is 0 Å². The summed E-state index contributed by atoms with van der Waals surface area (Å²) < 4.78 is 0. The van der Waals surface area contributed by atoms with Crippen molar-refractivity contribution < 1.29 is 17.0 Å². The van der Waals surface area contributed by atoms with Gasteiger partial charge in [0.2, 0.25) is 0 Å². The Morgan fingerprint density at radius 2 is 1.25 bits per heavy atom. The van der Waals surface area contributed by atoms with E-state index in [-0.39, 0.29) is 5.54 Å². The maximum atomic E-state index is 5.35. The average molecular weight is 192 g/mol. The first kappa shape index (κ1) is 12.0. The average Bonchev–Trinajstić information content (AvgIpc) is 1.27. The third kappa shape index (κ3) is 180. The molecule has 0 saturated carbocycles. The van der Waals surface area contributed by atoms with Gasteiger partial charge in [-0.3, -0.25) is 0 Å². The fourth-order valence-corrected chi connectivity index (χ4v) is 0. The van der Waals surface area contributed by atoms with Gasteiger partial charge in [0.15, 0.2) is 0 Å². The molecular formula is C4H11Cl2NTi. The standard InChI is InChI=1S/C4H11N.2ClH.Ti/c1-4(2,3)5;;;/h5H2,1-3H3;2*1H;/q;;;+2/p-2. The van der Waals surface area contributed by atoms with Crippen molar-refractivity contribution in [1.29, 1.82) is 0 Å². The summed E-state index contributed by atoms with van der Waals surface area (Å²) in [4.78, 5) is 0. The molecule has 0 aromatic carbocycles. The third-order valence-electron chi connectivity index (χ3n) is 0. The zero-order chi connectivity index (χ0) is 7.21. The molecule has 0 aliphatic rings. The Hall–Kier alpha value is 1.25. The van der Waals surface area contributed by atoms with Crippen LogP contribution in [-0.2, 0) is 17.0 Å². The second kappa shape index (κ2) is 6.38. The molecule has 4 heteroatoms. The predicted molar refractivity (Wildman–Crippen MR) is 35.6 cm³/mol. The van der Waals surface area contributed by atoms with Crippen LogP contribution in [-0.4, -0.2) is 5.54 Å². The normalized spacial score (nSPS) is 9.25. The molecule has 0 aliphatic heterocycles. The zero-order valence-corrected chi connectivity index (χ0v) is 8.41. The van der Waals surface area contributed by atoms with E-state index in [1.807, 2.05) is 20.8 Å². The van der Waals surface area contributed by atoms with Crippen LogP contribution in [0.1, 0.15) is 20.8 Å². The number of halogens is 2. The van der Waals surface area contributed by atoms with E-state index in [2.05, 4.69) is 0 Å². The Morgan fingerprint density at radius 3 is 1.25 bits per heavy atom. The number of rotatable bonds is 0. The molecule has 0 radical (unpaired) electrons. The minimum atomic E-state index is -0.556. The molecule has 2 N–H and O–H groups in total. The molecule has 0 aromatic rings. The topological polar surface area (TPSA) is 26.0 Å². The van der Waals surface area contributed by atoms with Gasteiger partial charge in [-0.25, -0.2) is 0 Å². The molecule has 1 nitrogen and oxygen atoms in total. The Kier molecular flexibility index (Phi) is 9.55. The number of nitrogens with two attached hydrogens (primary N) is 1. The van der Waals surface area contributed by atoms with Crippen molar-refractivity contribution >= 4 is 18.6 Å². The third-order valence-corrected chi connectivity index (χ3v) is 0. The fraction of sp³-hybridized carbons (Fsp3) is 1.00. The van der Waals surface area contributed by atoms with Crippen LogP contribution >= 0.6 is 18.6 Å². The van der Waals surface area contributed by atoms with Crippen molar-refractivity contribution in [3.63, 3.8) is 0 Å².